The van der Waals surface area contributed by atoms with Crippen LogP contribution in [0.4, 0.5) is 5.13 Å². The highest BCUT2D eigenvalue weighted by Crippen LogP contribution is 2.32. The molecule has 0 radical (unpaired) electrons. The summed E-state index contributed by atoms with van der Waals surface area (Å²) >= 11 is 1.63. The standard InChI is InChI=1S/C24H31N3OS/c1-6-26(7-2)11-12-27(22(28)16-20-10-8-9-17(3)14-20)24-25-21-15-18(4)13-19(5)23(21)29-24/h8-10,13-15H,6-7,11-12,16H2,1-5H3. The Bertz CT molecular complexity index is 991. The van der Waals surface area contributed by atoms with Crippen molar-refractivity contribution in [1.29, 1.82) is 0 Å². The number of fused-ring (bicyclic) bond motifs is 1. The lowest BCUT2D eigenvalue weighted by molar-refractivity contribution is -0.118. The number of thiazole rings is 1. The zero-order chi connectivity index (χ0) is 21.0. The Balaban J connectivity index is 1.91. The van der Waals surface area contributed by atoms with Gasteiger partial charge in [-0.05, 0) is 56.6 Å². The van der Waals surface area contributed by atoms with Gasteiger partial charge in [0, 0.05) is 13.1 Å². The molecule has 29 heavy (non-hydrogen) atoms. The summed E-state index contributed by atoms with van der Waals surface area (Å²) in [6.45, 7) is 14.1. The quantitative estimate of drug-likeness (QED) is 0.517. The van der Waals surface area contributed by atoms with Crippen molar-refractivity contribution in [3.63, 3.8) is 0 Å². The number of carbonyl (C=O) groups is 1. The van der Waals surface area contributed by atoms with Crippen LogP contribution in [0.25, 0.3) is 10.2 Å². The molecule has 3 rings (SSSR count). The van der Waals surface area contributed by atoms with E-state index in [0.717, 1.165) is 35.8 Å². The molecule has 154 valence electrons. The van der Waals surface area contributed by atoms with E-state index in [2.05, 4.69) is 63.8 Å². The highest BCUT2D eigenvalue weighted by molar-refractivity contribution is 7.22. The van der Waals surface area contributed by atoms with Crippen molar-refractivity contribution in [2.45, 2.75) is 41.0 Å². The largest absolute Gasteiger partial charge is 0.302 e. The lowest BCUT2D eigenvalue weighted by Crippen LogP contribution is -2.39. The van der Waals surface area contributed by atoms with Gasteiger partial charge in [-0.3, -0.25) is 9.69 Å². The van der Waals surface area contributed by atoms with Crippen LogP contribution in [0.5, 0.6) is 0 Å². The topological polar surface area (TPSA) is 36.4 Å². The summed E-state index contributed by atoms with van der Waals surface area (Å²) in [4.78, 5) is 22.4. The van der Waals surface area contributed by atoms with Gasteiger partial charge < -0.3 is 4.90 Å². The molecule has 0 fully saturated rings. The van der Waals surface area contributed by atoms with Crippen LogP contribution in [0.15, 0.2) is 36.4 Å². The normalized spacial score (nSPS) is 11.4. The van der Waals surface area contributed by atoms with Crippen LogP contribution in [0, 0.1) is 20.8 Å². The summed E-state index contributed by atoms with van der Waals surface area (Å²) in [5.41, 5.74) is 5.64. The van der Waals surface area contributed by atoms with Crippen molar-refractivity contribution in [2.75, 3.05) is 31.1 Å². The molecule has 0 aliphatic carbocycles. The molecule has 1 aromatic heterocycles. The summed E-state index contributed by atoms with van der Waals surface area (Å²) in [6, 6.07) is 12.5. The maximum absolute atomic E-state index is 13.3. The molecule has 0 aliphatic rings. The number of rotatable bonds is 8. The molecular weight excluding hydrogens is 378 g/mol. The van der Waals surface area contributed by atoms with Crippen LogP contribution in [0.1, 0.15) is 36.1 Å². The highest BCUT2D eigenvalue weighted by atomic mass is 32.1. The average molecular weight is 410 g/mol. The molecule has 0 spiro atoms. The number of aryl methyl sites for hydroxylation is 3. The maximum atomic E-state index is 13.3. The van der Waals surface area contributed by atoms with E-state index in [0.29, 0.717) is 13.0 Å². The van der Waals surface area contributed by atoms with Gasteiger partial charge in [0.25, 0.3) is 0 Å². The lowest BCUT2D eigenvalue weighted by Gasteiger charge is -2.24. The van der Waals surface area contributed by atoms with Crippen LogP contribution in [0.2, 0.25) is 0 Å². The molecular formula is C24H31N3OS. The molecule has 0 aliphatic heterocycles. The molecule has 0 atom stereocenters. The second kappa shape index (κ2) is 9.51. The zero-order valence-electron chi connectivity index (χ0n) is 18.2. The Labute approximate surface area is 178 Å². The van der Waals surface area contributed by atoms with Gasteiger partial charge in [-0.2, -0.15) is 0 Å². The Hall–Kier alpha value is -2.24. The van der Waals surface area contributed by atoms with E-state index in [-0.39, 0.29) is 5.91 Å². The van der Waals surface area contributed by atoms with E-state index < -0.39 is 0 Å². The van der Waals surface area contributed by atoms with Crippen molar-refractivity contribution < 1.29 is 4.79 Å². The van der Waals surface area contributed by atoms with Gasteiger partial charge in [0.15, 0.2) is 5.13 Å². The molecule has 4 nitrogen and oxygen atoms in total. The van der Waals surface area contributed by atoms with Crippen molar-refractivity contribution in [3.8, 4) is 0 Å². The highest BCUT2D eigenvalue weighted by Gasteiger charge is 2.21. The molecule has 0 saturated carbocycles. The molecule has 5 heteroatoms. The Kier molecular flexibility index (Phi) is 7.04. The molecule has 3 aromatic rings. The average Bonchev–Trinajstić information content (AvgIpc) is 3.09. The molecule has 1 amide bonds. The van der Waals surface area contributed by atoms with E-state index in [9.17, 15) is 4.79 Å². The van der Waals surface area contributed by atoms with Gasteiger partial charge in [0.2, 0.25) is 5.91 Å². The lowest BCUT2D eigenvalue weighted by atomic mass is 10.1. The molecule has 0 bridgehead atoms. The first kappa shape index (κ1) is 21.5. The van der Waals surface area contributed by atoms with Gasteiger partial charge in [0.05, 0.1) is 16.6 Å². The minimum Gasteiger partial charge on any atom is -0.302 e. The number of benzene rings is 2. The van der Waals surface area contributed by atoms with Gasteiger partial charge in [0.1, 0.15) is 0 Å². The second-order valence-electron chi connectivity index (χ2n) is 7.66. The van der Waals surface area contributed by atoms with Gasteiger partial charge in [-0.1, -0.05) is 61.1 Å². The zero-order valence-corrected chi connectivity index (χ0v) is 19.0. The van der Waals surface area contributed by atoms with Crippen molar-refractivity contribution in [3.05, 3.63) is 58.7 Å². The fourth-order valence-electron chi connectivity index (χ4n) is 3.68. The third-order valence-electron chi connectivity index (χ3n) is 5.31. The number of carbonyl (C=O) groups excluding carboxylic acids is 1. The fraction of sp³-hybridized carbons (Fsp3) is 0.417. The van der Waals surface area contributed by atoms with Crippen LogP contribution < -0.4 is 4.90 Å². The Morgan fingerprint density at radius 3 is 2.45 bits per heavy atom. The molecule has 1 heterocycles. The number of hydrogen-bond acceptors (Lipinski definition) is 4. The number of amides is 1. The van der Waals surface area contributed by atoms with Gasteiger partial charge in [-0.15, -0.1) is 0 Å². The molecule has 0 saturated heterocycles. The summed E-state index contributed by atoms with van der Waals surface area (Å²) in [7, 11) is 0. The predicted molar refractivity (Wildman–Crippen MR) is 124 cm³/mol. The second-order valence-corrected chi connectivity index (χ2v) is 8.64. The Morgan fingerprint density at radius 1 is 1.00 bits per heavy atom. The summed E-state index contributed by atoms with van der Waals surface area (Å²) in [5, 5.41) is 0.804. The third kappa shape index (κ3) is 5.22. The number of likely N-dealkylation sites (N-methyl/N-ethyl adjacent to an activating group) is 1. The van der Waals surface area contributed by atoms with E-state index in [1.165, 1.54) is 21.4 Å². The first-order valence-corrected chi connectivity index (χ1v) is 11.2. The molecule has 0 unspecified atom stereocenters. The summed E-state index contributed by atoms with van der Waals surface area (Å²) < 4.78 is 1.17. The SMILES string of the molecule is CCN(CC)CCN(C(=O)Cc1cccc(C)c1)c1nc2cc(C)cc(C)c2s1. The smallest absolute Gasteiger partial charge is 0.233 e. The van der Waals surface area contributed by atoms with E-state index in [1.54, 1.807) is 11.3 Å². The molecule has 0 N–H and O–H groups in total. The minimum atomic E-state index is 0.108. The van der Waals surface area contributed by atoms with E-state index in [4.69, 9.17) is 4.98 Å². The number of anilines is 1. The third-order valence-corrected chi connectivity index (χ3v) is 6.54. The van der Waals surface area contributed by atoms with Crippen molar-refractivity contribution in [2.24, 2.45) is 0 Å². The van der Waals surface area contributed by atoms with Crippen LogP contribution >= 0.6 is 11.3 Å². The van der Waals surface area contributed by atoms with E-state index in [1.807, 2.05) is 17.0 Å². The predicted octanol–water partition coefficient (Wildman–Crippen LogP) is 5.14. The Morgan fingerprint density at radius 2 is 1.76 bits per heavy atom. The van der Waals surface area contributed by atoms with Crippen LogP contribution in [0.3, 0.4) is 0 Å². The minimum absolute atomic E-state index is 0.108. The first-order chi connectivity index (χ1) is 13.9. The number of aromatic nitrogens is 1. The fourth-order valence-corrected chi connectivity index (χ4v) is 4.74. The number of nitrogens with zero attached hydrogens (tertiary/aromatic N) is 3. The van der Waals surface area contributed by atoms with Crippen molar-refractivity contribution >= 4 is 32.6 Å². The van der Waals surface area contributed by atoms with Crippen LogP contribution in [-0.2, 0) is 11.2 Å². The molecule has 2 aromatic carbocycles. The van der Waals surface area contributed by atoms with Gasteiger partial charge in [-0.25, -0.2) is 4.98 Å². The summed E-state index contributed by atoms with van der Waals surface area (Å²) in [5.74, 6) is 0.108. The summed E-state index contributed by atoms with van der Waals surface area (Å²) in [6.07, 6.45) is 0.397. The van der Waals surface area contributed by atoms with Crippen LogP contribution in [-0.4, -0.2) is 42.0 Å². The van der Waals surface area contributed by atoms with Gasteiger partial charge >= 0.3 is 0 Å². The maximum Gasteiger partial charge on any atom is 0.233 e. The first-order valence-electron chi connectivity index (χ1n) is 10.4. The van der Waals surface area contributed by atoms with Crippen molar-refractivity contribution in [1.82, 2.24) is 9.88 Å². The number of hydrogen-bond donors (Lipinski definition) is 0. The monoisotopic (exact) mass is 409 g/mol. The van der Waals surface area contributed by atoms with E-state index >= 15 is 0 Å².